The number of ether oxygens (including phenoxy) is 3. The number of carbonyl (C=O) groups is 3. The van der Waals surface area contributed by atoms with Gasteiger partial charge < -0.3 is 14.2 Å². The Kier molecular flexibility index (Phi) is 62.2. The quantitative estimate of drug-likeness (QED) is 0.0261. The molecule has 0 rings (SSSR count). The summed E-state index contributed by atoms with van der Waals surface area (Å²) in [6.07, 6.45) is 86.3. The Hall–Kier alpha value is -3.41. The van der Waals surface area contributed by atoms with Gasteiger partial charge in [-0.25, -0.2) is 0 Å². The third-order valence-electron chi connectivity index (χ3n) is 14.4. The average Bonchev–Trinajstić information content (AvgIpc) is 3.43. The second-order valence-corrected chi connectivity index (χ2v) is 22.0. The molecule has 6 nitrogen and oxygen atoms in total. The first-order valence-electron chi connectivity index (χ1n) is 33.1. The zero-order chi connectivity index (χ0) is 55.7. The fourth-order valence-corrected chi connectivity index (χ4v) is 9.47. The van der Waals surface area contributed by atoms with E-state index < -0.39 is 12.1 Å². The van der Waals surface area contributed by atoms with Gasteiger partial charge in [-0.3, -0.25) is 14.4 Å². The van der Waals surface area contributed by atoms with E-state index in [-0.39, 0.29) is 31.6 Å². The van der Waals surface area contributed by atoms with Crippen LogP contribution in [-0.4, -0.2) is 37.2 Å². The fraction of sp³-hybridized carbons (Fsp3) is 0.761. The van der Waals surface area contributed by atoms with Gasteiger partial charge in [0.25, 0.3) is 0 Å². The molecule has 0 radical (unpaired) electrons. The van der Waals surface area contributed by atoms with Crippen molar-refractivity contribution in [2.24, 2.45) is 0 Å². The smallest absolute Gasteiger partial charge is 0.306 e. The zero-order valence-electron chi connectivity index (χ0n) is 51.0. The van der Waals surface area contributed by atoms with Crippen LogP contribution >= 0.6 is 0 Å². The molecular weight excluding hydrogens is 949 g/mol. The van der Waals surface area contributed by atoms with Crippen LogP contribution in [0.25, 0.3) is 0 Å². The summed E-state index contributed by atoms with van der Waals surface area (Å²) in [7, 11) is 0. The molecular formula is C71H124O6. The van der Waals surface area contributed by atoms with Gasteiger partial charge in [-0.1, -0.05) is 311 Å². The highest BCUT2D eigenvalue weighted by atomic mass is 16.6. The summed E-state index contributed by atoms with van der Waals surface area (Å²) >= 11 is 0. The van der Waals surface area contributed by atoms with Gasteiger partial charge in [-0.05, 0) is 83.5 Å². The maximum Gasteiger partial charge on any atom is 0.306 e. The lowest BCUT2D eigenvalue weighted by molar-refractivity contribution is -0.166. The van der Waals surface area contributed by atoms with Gasteiger partial charge in [0.2, 0.25) is 0 Å². The maximum atomic E-state index is 12.9. The van der Waals surface area contributed by atoms with Crippen molar-refractivity contribution in [1.82, 2.24) is 0 Å². The summed E-state index contributed by atoms with van der Waals surface area (Å²) in [5, 5.41) is 0. The van der Waals surface area contributed by atoms with E-state index in [1.807, 2.05) is 6.08 Å². The minimum absolute atomic E-state index is 0.107. The Labute approximate surface area is 477 Å². The summed E-state index contributed by atoms with van der Waals surface area (Å²) in [5.41, 5.74) is 0. The van der Waals surface area contributed by atoms with E-state index in [1.54, 1.807) is 0 Å². The van der Waals surface area contributed by atoms with Gasteiger partial charge in [-0.2, -0.15) is 0 Å². The van der Waals surface area contributed by atoms with E-state index >= 15 is 0 Å². The lowest BCUT2D eigenvalue weighted by atomic mass is 10.0. The summed E-state index contributed by atoms with van der Waals surface area (Å²) < 4.78 is 16.8. The molecule has 6 heteroatoms. The van der Waals surface area contributed by atoms with Gasteiger partial charge in [0.05, 0.1) is 0 Å². The Morgan fingerprint density at radius 2 is 0.532 bits per heavy atom. The third kappa shape index (κ3) is 63.3. The van der Waals surface area contributed by atoms with Crippen molar-refractivity contribution in [1.29, 1.82) is 0 Å². The number of allylic oxidation sites excluding steroid dienone is 14. The summed E-state index contributed by atoms with van der Waals surface area (Å²) in [4.78, 5) is 38.2. The molecule has 0 aromatic carbocycles. The van der Waals surface area contributed by atoms with Gasteiger partial charge in [-0.15, -0.1) is 0 Å². The fourth-order valence-electron chi connectivity index (χ4n) is 9.47. The Balaban J connectivity index is 4.28. The number of unbranched alkanes of at least 4 members (excludes halogenated alkanes) is 35. The molecule has 0 saturated heterocycles. The van der Waals surface area contributed by atoms with Crippen molar-refractivity contribution < 1.29 is 28.6 Å². The van der Waals surface area contributed by atoms with Crippen LogP contribution in [0.15, 0.2) is 85.1 Å². The first-order chi connectivity index (χ1) is 38.0. The van der Waals surface area contributed by atoms with Crippen LogP contribution in [0.5, 0.6) is 0 Å². The molecule has 0 bridgehead atoms. The molecule has 0 spiro atoms. The first-order valence-corrected chi connectivity index (χ1v) is 33.1. The van der Waals surface area contributed by atoms with Crippen molar-refractivity contribution in [3.05, 3.63) is 85.1 Å². The largest absolute Gasteiger partial charge is 0.462 e. The van der Waals surface area contributed by atoms with Crippen LogP contribution in [-0.2, 0) is 28.6 Å². The van der Waals surface area contributed by atoms with Gasteiger partial charge >= 0.3 is 17.9 Å². The SMILES string of the molecule is CC/C=C\C/C=C\C/C=C\C/C=C\C/C=C\C/C=C\CCC(=O)OC(COC(=O)CCCCCCC/C=C\CCCCC)COC(=O)CCCCCCCCCCCCCCCCCCCCCCCCCCCCCC. The highest BCUT2D eigenvalue weighted by Crippen LogP contribution is 2.17. The molecule has 1 atom stereocenters. The normalized spacial score (nSPS) is 12.6. The average molecular weight is 1070 g/mol. The molecule has 0 heterocycles. The number of hydrogen-bond donors (Lipinski definition) is 0. The minimum Gasteiger partial charge on any atom is -0.462 e. The lowest BCUT2D eigenvalue weighted by Gasteiger charge is -2.18. The molecule has 0 aromatic heterocycles. The van der Waals surface area contributed by atoms with E-state index in [1.165, 1.54) is 193 Å². The number of rotatable bonds is 60. The number of hydrogen-bond acceptors (Lipinski definition) is 6. The molecule has 0 aliphatic rings. The Morgan fingerprint density at radius 3 is 0.870 bits per heavy atom. The van der Waals surface area contributed by atoms with Gasteiger partial charge in [0, 0.05) is 19.3 Å². The van der Waals surface area contributed by atoms with Crippen LogP contribution in [0.3, 0.4) is 0 Å². The summed E-state index contributed by atoms with van der Waals surface area (Å²) in [6.45, 7) is 6.47. The van der Waals surface area contributed by atoms with Crippen molar-refractivity contribution >= 4 is 17.9 Å². The highest BCUT2D eigenvalue weighted by molar-refractivity contribution is 5.71. The predicted octanol–water partition coefficient (Wildman–Crippen LogP) is 22.7. The molecule has 0 aliphatic carbocycles. The van der Waals surface area contributed by atoms with Crippen LogP contribution in [0, 0.1) is 0 Å². The summed E-state index contributed by atoms with van der Waals surface area (Å²) in [6, 6.07) is 0. The van der Waals surface area contributed by atoms with E-state index in [9.17, 15) is 14.4 Å². The monoisotopic (exact) mass is 1070 g/mol. The van der Waals surface area contributed by atoms with Crippen molar-refractivity contribution in [2.75, 3.05) is 13.2 Å². The van der Waals surface area contributed by atoms with Crippen LogP contribution in [0.4, 0.5) is 0 Å². The Bertz CT molecular complexity index is 1470. The number of esters is 3. The lowest BCUT2D eigenvalue weighted by Crippen LogP contribution is -2.30. The standard InChI is InChI=1S/C71H124O6/c1-4-7-10-13-16-19-22-25-27-29-31-32-33-34-35-36-37-38-39-41-42-44-46-49-52-55-58-61-64-70(73)76-67-68(66-75-69(72)63-60-57-54-51-48-24-21-18-15-12-9-6-3)77-71(74)65-62-59-56-53-50-47-45-43-40-30-28-26-23-20-17-14-11-8-5-2/h8,11,17-18,20-21,26,28,40,43,47,50,56,59,68H,4-7,9-10,12-16,19,22-25,27,29-39,41-42,44-46,48-49,51-55,57-58,60-67H2,1-3H3/b11-8-,20-17-,21-18-,28-26-,43-40-,50-47-,59-56-. The predicted molar refractivity (Wildman–Crippen MR) is 334 cm³/mol. The summed E-state index contributed by atoms with van der Waals surface area (Å²) in [5.74, 6) is -0.989. The van der Waals surface area contributed by atoms with Gasteiger partial charge in [0.15, 0.2) is 6.10 Å². The molecule has 0 N–H and O–H groups in total. The van der Waals surface area contributed by atoms with E-state index in [2.05, 4.69) is 99.8 Å². The molecule has 1 unspecified atom stereocenters. The molecule has 0 saturated carbocycles. The molecule has 77 heavy (non-hydrogen) atoms. The second-order valence-electron chi connectivity index (χ2n) is 22.0. The van der Waals surface area contributed by atoms with Crippen LogP contribution in [0.2, 0.25) is 0 Å². The first kappa shape index (κ1) is 73.6. The molecule has 0 aromatic rings. The van der Waals surface area contributed by atoms with E-state index in [0.717, 1.165) is 89.9 Å². The topological polar surface area (TPSA) is 78.9 Å². The molecule has 0 amide bonds. The van der Waals surface area contributed by atoms with Crippen LogP contribution in [0.1, 0.15) is 329 Å². The van der Waals surface area contributed by atoms with Crippen molar-refractivity contribution in [2.45, 2.75) is 335 Å². The molecule has 0 fully saturated rings. The highest BCUT2D eigenvalue weighted by Gasteiger charge is 2.19. The zero-order valence-corrected chi connectivity index (χ0v) is 51.0. The van der Waals surface area contributed by atoms with E-state index in [4.69, 9.17) is 14.2 Å². The third-order valence-corrected chi connectivity index (χ3v) is 14.4. The van der Waals surface area contributed by atoms with Gasteiger partial charge in [0.1, 0.15) is 13.2 Å². The van der Waals surface area contributed by atoms with Crippen molar-refractivity contribution in [3.63, 3.8) is 0 Å². The molecule has 0 aliphatic heterocycles. The number of carbonyl (C=O) groups excluding carboxylic acids is 3. The second kappa shape index (κ2) is 65.1. The van der Waals surface area contributed by atoms with E-state index in [0.29, 0.717) is 19.3 Å². The molecule has 444 valence electrons. The minimum atomic E-state index is -0.820. The Morgan fingerprint density at radius 1 is 0.273 bits per heavy atom. The van der Waals surface area contributed by atoms with Crippen LogP contribution < -0.4 is 0 Å². The maximum absolute atomic E-state index is 12.9. The van der Waals surface area contributed by atoms with Crippen molar-refractivity contribution in [3.8, 4) is 0 Å².